The van der Waals surface area contributed by atoms with Gasteiger partial charge in [-0.25, -0.2) is 5.43 Å². The van der Waals surface area contributed by atoms with E-state index in [0.717, 1.165) is 39.5 Å². The standard InChI is InChI=1S/C19H17BrN6O/c1-2-9-26-15-8-7-13(20)10-14(15)17-18(26)22-19(25-23-17)24-21-11-12-5-3-4-6-16(12)27/h3-8,10-11,27H,2,9H2,1H3,(H,22,24,25)/b21-11+. The van der Waals surface area contributed by atoms with Crippen molar-refractivity contribution in [3.05, 3.63) is 52.5 Å². The van der Waals surface area contributed by atoms with Crippen LogP contribution >= 0.6 is 15.9 Å². The summed E-state index contributed by atoms with van der Waals surface area (Å²) in [6, 6.07) is 13.0. The van der Waals surface area contributed by atoms with Crippen molar-refractivity contribution < 1.29 is 5.11 Å². The molecule has 0 aliphatic rings. The van der Waals surface area contributed by atoms with E-state index in [4.69, 9.17) is 0 Å². The molecule has 0 amide bonds. The molecule has 0 unspecified atom stereocenters. The van der Waals surface area contributed by atoms with Gasteiger partial charge in [0.25, 0.3) is 5.95 Å². The average Bonchev–Trinajstić information content (AvgIpc) is 2.96. The summed E-state index contributed by atoms with van der Waals surface area (Å²) in [6.07, 6.45) is 2.49. The van der Waals surface area contributed by atoms with E-state index in [0.29, 0.717) is 11.5 Å². The van der Waals surface area contributed by atoms with E-state index in [1.807, 2.05) is 18.2 Å². The maximum absolute atomic E-state index is 9.78. The van der Waals surface area contributed by atoms with Crippen LogP contribution in [0.5, 0.6) is 5.75 Å². The van der Waals surface area contributed by atoms with Crippen LogP contribution in [0, 0.1) is 0 Å². The molecule has 4 aromatic rings. The Bertz CT molecular complexity index is 1150. The van der Waals surface area contributed by atoms with Crippen LogP contribution in [-0.2, 0) is 6.54 Å². The van der Waals surface area contributed by atoms with E-state index in [2.05, 4.69) is 59.2 Å². The number of benzene rings is 2. The molecule has 0 radical (unpaired) electrons. The number of aromatic nitrogens is 4. The maximum Gasteiger partial charge on any atom is 0.265 e. The number of halogens is 1. The molecule has 8 heteroatoms. The second kappa shape index (κ2) is 7.32. The number of phenolic OH excluding ortho intramolecular Hbond substituents is 1. The lowest BCUT2D eigenvalue weighted by molar-refractivity contribution is 0.474. The van der Waals surface area contributed by atoms with Gasteiger partial charge < -0.3 is 9.67 Å². The van der Waals surface area contributed by atoms with Crippen molar-refractivity contribution in [3.63, 3.8) is 0 Å². The number of aromatic hydroxyl groups is 1. The quantitative estimate of drug-likeness (QED) is 0.368. The van der Waals surface area contributed by atoms with Crippen LogP contribution in [0.2, 0.25) is 0 Å². The summed E-state index contributed by atoms with van der Waals surface area (Å²) >= 11 is 3.51. The summed E-state index contributed by atoms with van der Waals surface area (Å²) in [5.74, 6) is 0.458. The number of nitrogens with zero attached hydrogens (tertiary/aromatic N) is 5. The molecule has 4 rings (SSSR count). The lowest BCUT2D eigenvalue weighted by Crippen LogP contribution is -2.03. The zero-order valence-electron chi connectivity index (χ0n) is 14.6. The van der Waals surface area contributed by atoms with E-state index in [1.165, 1.54) is 6.21 Å². The lowest BCUT2D eigenvalue weighted by Gasteiger charge is -2.04. The molecule has 0 fully saturated rings. The van der Waals surface area contributed by atoms with Gasteiger partial charge in [0.1, 0.15) is 11.3 Å². The number of anilines is 1. The summed E-state index contributed by atoms with van der Waals surface area (Å²) in [7, 11) is 0. The fourth-order valence-corrected chi connectivity index (χ4v) is 3.34. The predicted molar refractivity (Wildman–Crippen MR) is 110 cm³/mol. The van der Waals surface area contributed by atoms with E-state index in [-0.39, 0.29) is 5.75 Å². The number of nitrogens with one attached hydrogen (secondary N) is 1. The molecule has 7 nitrogen and oxygen atoms in total. The molecule has 0 saturated carbocycles. The molecule has 2 aromatic carbocycles. The van der Waals surface area contributed by atoms with Crippen LogP contribution in [0.25, 0.3) is 22.1 Å². The largest absolute Gasteiger partial charge is 0.507 e. The van der Waals surface area contributed by atoms with Crippen LogP contribution in [0.1, 0.15) is 18.9 Å². The number of para-hydroxylation sites is 1. The van der Waals surface area contributed by atoms with E-state index < -0.39 is 0 Å². The first-order valence-electron chi connectivity index (χ1n) is 8.56. The molecule has 0 saturated heterocycles. The zero-order valence-corrected chi connectivity index (χ0v) is 16.2. The fourth-order valence-electron chi connectivity index (χ4n) is 2.98. The minimum absolute atomic E-state index is 0.159. The van der Waals surface area contributed by atoms with Gasteiger partial charge >= 0.3 is 0 Å². The van der Waals surface area contributed by atoms with Crippen LogP contribution in [0.15, 0.2) is 52.0 Å². The van der Waals surface area contributed by atoms with Crippen LogP contribution in [0.3, 0.4) is 0 Å². The molecule has 0 spiro atoms. The van der Waals surface area contributed by atoms with Crippen molar-refractivity contribution in [1.29, 1.82) is 0 Å². The monoisotopic (exact) mass is 424 g/mol. The number of hydrogen-bond donors (Lipinski definition) is 2. The minimum atomic E-state index is 0.159. The highest BCUT2D eigenvalue weighted by atomic mass is 79.9. The normalized spacial score (nSPS) is 11.6. The smallest absolute Gasteiger partial charge is 0.265 e. The predicted octanol–water partition coefficient (Wildman–Crippen LogP) is 4.30. The number of hydrogen-bond acceptors (Lipinski definition) is 6. The van der Waals surface area contributed by atoms with Crippen molar-refractivity contribution in [1.82, 2.24) is 19.7 Å². The molecule has 0 aliphatic heterocycles. The zero-order chi connectivity index (χ0) is 18.8. The van der Waals surface area contributed by atoms with Crippen molar-refractivity contribution in [3.8, 4) is 5.75 Å². The molecule has 0 aliphatic carbocycles. The van der Waals surface area contributed by atoms with E-state index in [1.54, 1.807) is 18.2 Å². The van der Waals surface area contributed by atoms with Crippen molar-refractivity contribution >= 4 is 50.2 Å². The molecule has 136 valence electrons. The third-order valence-electron chi connectivity index (χ3n) is 4.18. The van der Waals surface area contributed by atoms with Crippen molar-refractivity contribution in [2.75, 3.05) is 5.43 Å². The summed E-state index contributed by atoms with van der Waals surface area (Å²) in [6.45, 7) is 2.96. The molecule has 2 aromatic heterocycles. The fraction of sp³-hybridized carbons (Fsp3) is 0.158. The molecule has 2 heterocycles. The minimum Gasteiger partial charge on any atom is -0.507 e. The lowest BCUT2D eigenvalue weighted by atomic mass is 10.2. The topological polar surface area (TPSA) is 88.2 Å². The molecule has 0 bridgehead atoms. The molecule has 2 N–H and O–H groups in total. The van der Waals surface area contributed by atoms with Gasteiger partial charge in [0, 0.05) is 22.0 Å². The van der Waals surface area contributed by atoms with Gasteiger partial charge in [-0.3, -0.25) is 0 Å². The van der Waals surface area contributed by atoms with Crippen LogP contribution < -0.4 is 5.43 Å². The number of hydrazone groups is 1. The van der Waals surface area contributed by atoms with Crippen LogP contribution in [-0.4, -0.2) is 31.1 Å². The van der Waals surface area contributed by atoms with E-state index in [9.17, 15) is 5.11 Å². The second-order valence-electron chi connectivity index (χ2n) is 6.05. The number of phenols is 1. The molecule has 0 atom stereocenters. The van der Waals surface area contributed by atoms with Gasteiger partial charge in [0.15, 0.2) is 5.65 Å². The Hall–Kier alpha value is -3.00. The SMILES string of the molecule is CCCn1c2ccc(Br)cc2c2nnc(N/N=C/c3ccccc3O)nc21. The summed E-state index contributed by atoms with van der Waals surface area (Å²) < 4.78 is 3.13. The Labute approximate surface area is 163 Å². The van der Waals surface area contributed by atoms with Gasteiger partial charge in [-0.2, -0.15) is 10.1 Å². The van der Waals surface area contributed by atoms with Gasteiger partial charge in [0.2, 0.25) is 0 Å². The van der Waals surface area contributed by atoms with Gasteiger partial charge in [-0.1, -0.05) is 35.0 Å². The highest BCUT2D eigenvalue weighted by Gasteiger charge is 2.14. The summed E-state index contributed by atoms with van der Waals surface area (Å²) in [5, 5.41) is 23.4. The Morgan fingerprint density at radius 1 is 1.22 bits per heavy atom. The molecular weight excluding hydrogens is 408 g/mol. The number of aryl methyl sites for hydroxylation is 1. The summed E-state index contributed by atoms with van der Waals surface area (Å²) in [4.78, 5) is 4.60. The Balaban J connectivity index is 1.72. The van der Waals surface area contributed by atoms with Gasteiger partial charge in [-0.05, 0) is 36.8 Å². The van der Waals surface area contributed by atoms with Gasteiger partial charge in [-0.15, -0.1) is 10.2 Å². The van der Waals surface area contributed by atoms with Crippen molar-refractivity contribution in [2.45, 2.75) is 19.9 Å². The number of fused-ring (bicyclic) bond motifs is 3. The Kier molecular flexibility index (Phi) is 4.72. The molecular formula is C19H17BrN6O. The third kappa shape index (κ3) is 3.35. The first-order valence-corrected chi connectivity index (χ1v) is 9.36. The third-order valence-corrected chi connectivity index (χ3v) is 4.67. The van der Waals surface area contributed by atoms with Crippen molar-refractivity contribution in [2.24, 2.45) is 5.10 Å². The highest BCUT2D eigenvalue weighted by molar-refractivity contribution is 9.10. The Morgan fingerprint density at radius 2 is 2.07 bits per heavy atom. The average molecular weight is 425 g/mol. The number of rotatable bonds is 5. The van der Waals surface area contributed by atoms with Crippen LogP contribution in [0.4, 0.5) is 5.95 Å². The first kappa shape index (κ1) is 17.4. The first-order chi connectivity index (χ1) is 13.2. The Morgan fingerprint density at radius 3 is 2.89 bits per heavy atom. The second-order valence-corrected chi connectivity index (χ2v) is 6.97. The van der Waals surface area contributed by atoms with Gasteiger partial charge in [0.05, 0.1) is 11.7 Å². The van der Waals surface area contributed by atoms with E-state index >= 15 is 0 Å². The highest BCUT2D eigenvalue weighted by Crippen LogP contribution is 2.29. The maximum atomic E-state index is 9.78. The summed E-state index contributed by atoms with van der Waals surface area (Å²) in [5.41, 5.74) is 5.99. The molecule has 27 heavy (non-hydrogen) atoms.